The number of anilines is 1. The number of nitrogens with zero attached hydrogens (tertiary/aromatic N) is 1. The van der Waals surface area contributed by atoms with Gasteiger partial charge < -0.3 is 14.5 Å². The van der Waals surface area contributed by atoms with E-state index in [2.05, 4.69) is 10.3 Å². The van der Waals surface area contributed by atoms with E-state index in [0.717, 1.165) is 21.9 Å². The Labute approximate surface area is 150 Å². The molecule has 1 unspecified atom stereocenters. The number of hydrogen-bond donors (Lipinski definition) is 1. The molecular formula is C19H18N2O3S. The molecule has 5 nitrogen and oxygen atoms in total. The van der Waals surface area contributed by atoms with Crippen LogP contribution in [-0.2, 0) is 4.79 Å². The normalized spacial score (nSPS) is 11.8. The highest BCUT2D eigenvalue weighted by atomic mass is 32.2. The highest BCUT2D eigenvalue weighted by Crippen LogP contribution is 2.27. The molecule has 0 aliphatic carbocycles. The van der Waals surface area contributed by atoms with Crippen LogP contribution in [0.2, 0.25) is 0 Å². The summed E-state index contributed by atoms with van der Waals surface area (Å²) in [6.45, 7) is 1.88. The third-order valence-electron chi connectivity index (χ3n) is 3.59. The molecule has 3 aromatic rings. The second kappa shape index (κ2) is 7.90. The fraction of sp³-hybridized carbons (Fsp3) is 0.158. The second-order valence-corrected chi connectivity index (χ2v) is 6.79. The maximum Gasteiger partial charge on any atom is 0.237 e. The number of oxazole rings is 1. The van der Waals surface area contributed by atoms with Crippen LogP contribution in [0.3, 0.4) is 0 Å². The first kappa shape index (κ1) is 17.1. The third kappa shape index (κ3) is 4.42. The molecule has 0 fully saturated rings. The van der Waals surface area contributed by atoms with Gasteiger partial charge in [0.05, 0.1) is 18.6 Å². The second-order valence-electron chi connectivity index (χ2n) is 5.37. The number of hydrogen-bond acceptors (Lipinski definition) is 5. The smallest absolute Gasteiger partial charge is 0.237 e. The monoisotopic (exact) mass is 354 g/mol. The van der Waals surface area contributed by atoms with E-state index in [9.17, 15) is 4.79 Å². The number of carbonyl (C=O) groups is 1. The predicted molar refractivity (Wildman–Crippen MR) is 98.9 cm³/mol. The number of thioether (sulfide) groups is 1. The van der Waals surface area contributed by atoms with E-state index < -0.39 is 0 Å². The molecule has 0 radical (unpaired) electrons. The Morgan fingerprint density at radius 3 is 2.72 bits per heavy atom. The predicted octanol–water partition coefficient (Wildman–Crippen LogP) is 4.47. The summed E-state index contributed by atoms with van der Waals surface area (Å²) in [4.78, 5) is 17.4. The first-order chi connectivity index (χ1) is 12.2. The summed E-state index contributed by atoms with van der Waals surface area (Å²) in [5.74, 6) is 1.40. The summed E-state index contributed by atoms with van der Waals surface area (Å²) in [5, 5.41) is 2.71. The summed E-state index contributed by atoms with van der Waals surface area (Å²) in [7, 11) is 1.63. The lowest BCUT2D eigenvalue weighted by molar-refractivity contribution is -0.115. The Balaban J connectivity index is 1.64. The van der Waals surface area contributed by atoms with Crippen molar-refractivity contribution in [2.24, 2.45) is 0 Å². The lowest BCUT2D eigenvalue weighted by Gasteiger charge is -2.13. The molecule has 0 spiro atoms. The van der Waals surface area contributed by atoms with Crippen LogP contribution in [0, 0.1) is 0 Å². The Kier molecular flexibility index (Phi) is 5.40. The lowest BCUT2D eigenvalue weighted by Crippen LogP contribution is -2.22. The Morgan fingerprint density at radius 2 is 2.04 bits per heavy atom. The Hall–Kier alpha value is -2.73. The van der Waals surface area contributed by atoms with Crippen molar-refractivity contribution in [1.82, 2.24) is 4.98 Å². The number of benzene rings is 2. The van der Waals surface area contributed by atoms with E-state index in [1.54, 1.807) is 13.3 Å². The molecule has 6 heteroatoms. The zero-order valence-electron chi connectivity index (χ0n) is 13.9. The van der Waals surface area contributed by atoms with Crippen molar-refractivity contribution in [2.45, 2.75) is 17.1 Å². The van der Waals surface area contributed by atoms with Gasteiger partial charge in [-0.2, -0.15) is 0 Å². The molecular weight excluding hydrogens is 336 g/mol. The molecule has 128 valence electrons. The van der Waals surface area contributed by atoms with E-state index in [-0.39, 0.29) is 11.2 Å². The van der Waals surface area contributed by atoms with Crippen LogP contribution in [-0.4, -0.2) is 23.3 Å². The van der Waals surface area contributed by atoms with Gasteiger partial charge in [-0.1, -0.05) is 12.1 Å². The van der Waals surface area contributed by atoms with Gasteiger partial charge in [0.1, 0.15) is 5.75 Å². The van der Waals surface area contributed by atoms with Crippen LogP contribution in [0.1, 0.15) is 6.92 Å². The molecule has 1 amide bonds. The first-order valence-electron chi connectivity index (χ1n) is 7.76. The zero-order chi connectivity index (χ0) is 17.6. The van der Waals surface area contributed by atoms with E-state index in [0.29, 0.717) is 5.76 Å². The fourth-order valence-electron chi connectivity index (χ4n) is 2.26. The fourth-order valence-corrected chi connectivity index (χ4v) is 3.13. The topological polar surface area (TPSA) is 64.4 Å². The van der Waals surface area contributed by atoms with Gasteiger partial charge in [0, 0.05) is 16.1 Å². The van der Waals surface area contributed by atoms with Gasteiger partial charge in [-0.25, -0.2) is 4.98 Å². The summed E-state index contributed by atoms with van der Waals surface area (Å²) in [6, 6.07) is 15.1. The Bertz CT molecular complexity index is 832. The number of aromatic nitrogens is 1. The van der Waals surface area contributed by atoms with Crippen molar-refractivity contribution < 1.29 is 13.9 Å². The highest BCUT2D eigenvalue weighted by molar-refractivity contribution is 8.00. The quantitative estimate of drug-likeness (QED) is 0.662. The summed E-state index contributed by atoms with van der Waals surface area (Å²) in [5.41, 5.74) is 1.59. The maximum absolute atomic E-state index is 12.4. The van der Waals surface area contributed by atoms with Gasteiger partial charge in [-0.15, -0.1) is 11.8 Å². The van der Waals surface area contributed by atoms with E-state index >= 15 is 0 Å². The molecule has 0 aliphatic heterocycles. The molecule has 0 saturated heterocycles. The molecule has 1 atom stereocenters. The van der Waals surface area contributed by atoms with Crippen molar-refractivity contribution in [3.8, 4) is 17.1 Å². The average Bonchev–Trinajstić information content (AvgIpc) is 3.17. The molecule has 1 aromatic heterocycles. The minimum Gasteiger partial charge on any atom is -0.497 e. The molecule has 25 heavy (non-hydrogen) atoms. The SMILES string of the molecule is COc1ccc(SC(C)C(=O)Nc2cccc(-c3cnco3)c2)cc1. The summed E-state index contributed by atoms with van der Waals surface area (Å²) < 4.78 is 10.4. The van der Waals surface area contributed by atoms with E-state index in [1.165, 1.54) is 18.2 Å². The van der Waals surface area contributed by atoms with Gasteiger partial charge >= 0.3 is 0 Å². The van der Waals surface area contributed by atoms with Crippen molar-refractivity contribution in [2.75, 3.05) is 12.4 Å². The first-order valence-corrected chi connectivity index (χ1v) is 8.64. The van der Waals surface area contributed by atoms with Crippen LogP contribution in [0.5, 0.6) is 5.75 Å². The van der Waals surface area contributed by atoms with E-state index in [1.807, 2.05) is 55.5 Å². The van der Waals surface area contributed by atoms with Crippen LogP contribution in [0.15, 0.2) is 70.4 Å². The third-order valence-corrected chi connectivity index (χ3v) is 4.70. The standard InChI is InChI=1S/C19H18N2O3S/c1-13(25-17-8-6-16(23-2)7-9-17)19(22)21-15-5-3-4-14(10-15)18-11-20-12-24-18/h3-13H,1-2H3,(H,21,22). The van der Waals surface area contributed by atoms with Gasteiger partial charge in [-0.05, 0) is 43.3 Å². The summed E-state index contributed by atoms with van der Waals surface area (Å²) in [6.07, 6.45) is 3.03. The van der Waals surface area contributed by atoms with Gasteiger partial charge in [0.2, 0.25) is 5.91 Å². The molecule has 0 saturated carbocycles. The molecule has 1 N–H and O–H groups in total. The molecule has 1 heterocycles. The number of carbonyl (C=O) groups excluding carboxylic acids is 1. The van der Waals surface area contributed by atoms with Crippen molar-refractivity contribution in [1.29, 1.82) is 0 Å². The van der Waals surface area contributed by atoms with Crippen molar-refractivity contribution in [3.05, 3.63) is 61.1 Å². The van der Waals surface area contributed by atoms with Gasteiger partial charge in [-0.3, -0.25) is 4.79 Å². The van der Waals surface area contributed by atoms with Crippen LogP contribution < -0.4 is 10.1 Å². The molecule has 0 bridgehead atoms. The minimum atomic E-state index is -0.234. The number of nitrogens with one attached hydrogen (secondary N) is 1. The molecule has 0 aliphatic rings. The van der Waals surface area contributed by atoms with E-state index in [4.69, 9.17) is 9.15 Å². The van der Waals surface area contributed by atoms with Crippen LogP contribution in [0.25, 0.3) is 11.3 Å². The largest absolute Gasteiger partial charge is 0.497 e. The lowest BCUT2D eigenvalue weighted by atomic mass is 10.1. The number of rotatable bonds is 6. The minimum absolute atomic E-state index is 0.0597. The van der Waals surface area contributed by atoms with Crippen LogP contribution in [0.4, 0.5) is 5.69 Å². The molecule has 3 rings (SSSR count). The molecule has 2 aromatic carbocycles. The Morgan fingerprint density at radius 1 is 1.24 bits per heavy atom. The number of amides is 1. The number of methoxy groups -OCH3 is 1. The van der Waals surface area contributed by atoms with Crippen molar-refractivity contribution >= 4 is 23.4 Å². The highest BCUT2D eigenvalue weighted by Gasteiger charge is 2.15. The van der Waals surface area contributed by atoms with Crippen LogP contribution >= 0.6 is 11.8 Å². The average molecular weight is 354 g/mol. The van der Waals surface area contributed by atoms with Gasteiger partial charge in [0.25, 0.3) is 0 Å². The van der Waals surface area contributed by atoms with Gasteiger partial charge in [0.15, 0.2) is 12.2 Å². The summed E-state index contributed by atoms with van der Waals surface area (Å²) >= 11 is 1.50. The maximum atomic E-state index is 12.4. The van der Waals surface area contributed by atoms with Crippen molar-refractivity contribution in [3.63, 3.8) is 0 Å². The number of ether oxygens (including phenoxy) is 1. The zero-order valence-corrected chi connectivity index (χ0v) is 14.7.